The molecule has 1 atom stereocenters. The third kappa shape index (κ3) is 4.72. The summed E-state index contributed by atoms with van der Waals surface area (Å²) in [6.45, 7) is 10.8. The van der Waals surface area contributed by atoms with E-state index in [-0.39, 0.29) is 24.0 Å². The fraction of sp³-hybridized carbons (Fsp3) is 0.588. The maximum absolute atomic E-state index is 12.7. The third-order valence-corrected chi connectivity index (χ3v) is 4.13. The zero-order chi connectivity index (χ0) is 16.2. The van der Waals surface area contributed by atoms with Gasteiger partial charge in [0.1, 0.15) is 0 Å². The van der Waals surface area contributed by atoms with Crippen molar-refractivity contribution in [1.29, 1.82) is 0 Å². The molecule has 1 amide bonds. The Morgan fingerprint density at radius 3 is 2.10 bits per heavy atom. The van der Waals surface area contributed by atoms with Crippen LogP contribution in [0.2, 0.25) is 5.02 Å². The van der Waals surface area contributed by atoms with E-state index in [1.807, 2.05) is 48.0 Å². The lowest BCUT2D eigenvalue weighted by Gasteiger charge is -2.36. The summed E-state index contributed by atoms with van der Waals surface area (Å²) in [6, 6.07) is 7.99. The van der Waals surface area contributed by atoms with Crippen molar-refractivity contribution in [1.82, 2.24) is 9.80 Å². The first-order valence-corrected chi connectivity index (χ1v) is 7.89. The minimum Gasteiger partial charge on any atom is -0.336 e. The van der Waals surface area contributed by atoms with Crippen LogP contribution in [0, 0.1) is 0 Å². The molecule has 0 N–H and O–H groups in total. The van der Waals surface area contributed by atoms with Gasteiger partial charge in [0.05, 0.1) is 6.04 Å². The van der Waals surface area contributed by atoms with Crippen LogP contribution in [0.25, 0.3) is 0 Å². The minimum absolute atomic E-state index is 0.162. The fourth-order valence-corrected chi connectivity index (χ4v) is 2.74. The SMILES string of the molecule is CC(C(=O)N(C(C)C)C(C)C)N(C)Cc1ccccc1Cl. The van der Waals surface area contributed by atoms with E-state index in [4.69, 9.17) is 11.6 Å². The molecule has 21 heavy (non-hydrogen) atoms. The fourth-order valence-electron chi connectivity index (χ4n) is 2.54. The Labute approximate surface area is 133 Å². The van der Waals surface area contributed by atoms with Crippen molar-refractivity contribution in [3.05, 3.63) is 34.9 Å². The van der Waals surface area contributed by atoms with Crippen LogP contribution in [-0.2, 0) is 11.3 Å². The number of likely N-dealkylation sites (N-methyl/N-ethyl adjacent to an activating group) is 1. The van der Waals surface area contributed by atoms with E-state index in [9.17, 15) is 4.79 Å². The van der Waals surface area contributed by atoms with E-state index < -0.39 is 0 Å². The Morgan fingerprint density at radius 2 is 1.62 bits per heavy atom. The Hall–Kier alpha value is -1.06. The summed E-state index contributed by atoms with van der Waals surface area (Å²) < 4.78 is 0. The highest BCUT2D eigenvalue weighted by Crippen LogP contribution is 2.18. The van der Waals surface area contributed by atoms with E-state index in [2.05, 4.69) is 27.7 Å². The molecule has 1 aromatic carbocycles. The van der Waals surface area contributed by atoms with Crippen LogP contribution >= 0.6 is 11.6 Å². The van der Waals surface area contributed by atoms with Crippen LogP contribution in [0.4, 0.5) is 0 Å². The van der Waals surface area contributed by atoms with Gasteiger partial charge in [0, 0.05) is 23.7 Å². The zero-order valence-corrected chi connectivity index (χ0v) is 14.7. The second kappa shape index (κ2) is 7.81. The lowest BCUT2D eigenvalue weighted by Crippen LogP contribution is -2.50. The molecule has 1 rings (SSSR count). The van der Waals surface area contributed by atoms with Crippen molar-refractivity contribution in [3.8, 4) is 0 Å². The van der Waals surface area contributed by atoms with Gasteiger partial charge in [0.25, 0.3) is 0 Å². The van der Waals surface area contributed by atoms with Gasteiger partial charge in [0.2, 0.25) is 5.91 Å². The number of carbonyl (C=O) groups excluding carboxylic acids is 1. The first-order valence-electron chi connectivity index (χ1n) is 7.51. The van der Waals surface area contributed by atoms with Gasteiger partial charge in [-0.1, -0.05) is 29.8 Å². The first-order chi connectivity index (χ1) is 9.75. The molecule has 0 aliphatic carbocycles. The predicted octanol–water partition coefficient (Wildman–Crippen LogP) is 3.81. The first kappa shape index (κ1) is 18.0. The molecule has 3 nitrogen and oxygen atoms in total. The van der Waals surface area contributed by atoms with E-state index in [1.165, 1.54) is 0 Å². The largest absolute Gasteiger partial charge is 0.336 e. The average Bonchev–Trinajstić information content (AvgIpc) is 2.39. The summed E-state index contributed by atoms with van der Waals surface area (Å²) in [5.74, 6) is 0.162. The predicted molar refractivity (Wildman–Crippen MR) is 89.5 cm³/mol. The lowest BCUT2D eigenvalue weighted by molar-refractivity contribution is -0.139. The van der Waals surface area contributed by atoms with Crippen LogP contribution < -0.4 is 0 Å². The second-order valence-electron chi connectivity index (χ2n) is 6.12. The number of hydrogen-bond donors (Lipinski definition) is 0. The molecule has 1 unspecified atom stereocenters. The van der Waals surface area contributed by atoms with E-state index in [1.54, 1.807) is 0 Å². The summed E-state index contributed by atoms with van der Waals surface area (Å²) in [5, 5.41) is 0.744. The number of carbonyl (C=O) groups is 1. The summed E-state index contributed by atoms with van der Waals surface area (Å²) in [5.41, 5.74) is 1.04. The van der Waals surface area contributed by atoms with Crippen molar-refractivity contribution >= 4 is 17.5 Å². The molecule has 1 aromatic rings. The third-order valence-electron chi connectivity index (χ3n) is 3.76. The van der Waals surface area contributed by atoms with E-state index in [0.29, 0.717) is 6.54 Å². The maximum Gasteiger partial charge on any atom is 0.240 e. The molecule has 0 bridgehead atoms. The summed E-state index contributed by atoms with van der Waals surface area (Å²) >= 11 is 6.19. The van der Waals surface area contributed by atoms with Gasteiger partial charge in [0.15, 0.2) is 0 Å². The number of nitrogens with zero attached hydrogens (tertiary/aromatic N) is 2. The standard InChI is InChI=1S/C17H27ClN2O/c1-12(2)20(13(3)4)17(21)14(5)19(6)11-15-9-7-8-10-16(15)18/h7-10,12-14H,11H2,1-6H3. The molecule has 4 heteroatoms. The normalized spacial score (nSPS) is 13.0. The van der Waals surface area contributed by atoms with Crippen LogP contribution in [0.5, 0.6) is 0 Å². The topological polar surface area (TPSA) is 23.6 Å². The minimum atomic E-state index is -0.175. The second-order valence-corrected chi connectivity index (χ2v) is 6.52. The zero-order valence-electron chi connectivity index (χ0n) is 13.9. The monoisotopic (exact) mass is 310 g/mol. The number of halogens is 1. The van der Waals surface area contributed by atoms with Gasteiger partial charge in [-0.2, -0.15) is 0 Å². The summed E-state index contributed by atoms with van der Waals surface area (Å²) in [7, 11) is 1.96. The van der Waals surface area contributed by atoms with Crippen LogP contribution in [0.3, 0.4) is 0 Å². The Kier molecular flexibility index (Phi) is 6.69. The summed E-state index contributed by atoms with van der Waals surface area (Å²) in [4.78, 5) is 16.7. The maximum atomic E-state index is 12.7. The van der Waals surface area contributed by atoms with Crippen molar-refractivity contribution in [2.75, 3.05) is 7.05 Å². The van der Waals surface area contributed by atoms with Gasteiger partial charge in [-0.05, 0) is 53.3 Å². The van der Waals surface area contributed by atoms with Gasteiger partial charge >= 0.3 is 0 Å². The molecule has 0 heterocycles. The van der Waals surface area contributed by atoms with Crippen LogP contribution in [0.15, 0.2) is 24.3 Å². The van der Waals surface area contributed by atoms with Crippen molar-refractivity contribution in [2.24, 2.45) is 0 Å². The number of rotatable bonds is 6. The molecule has 0 aliphatic rings. The number of hydrogen-bond acceptors (Lipinski definition) is 2. The quantitative estimate of drug-likeness (QED) is 0.798. The molecule has 0 saturated carbocycles. The van der Waals surface area contributed by atoms with Crippen LogP contribution in [0.1, 0.15) is 40.2 Å². The van der Waals surface area contributed by atoms with Gasteiger partial charge in [-0.15, -0.1) is 0 Å². The lowest BCUT2D eigenvalue weighted by atomic mass is 10.1. The number of benzene rings is 1. The molecule has 0 aromatic heterocycles. The summed E-state index contributed by atoms with van der Waals surface area (Å²) in [6.07, 6.45) is 0. The highest BCUT2D eigenvalue weighted by atomic mass is 35.5. The van der Waals surface area contributed by atoms with Crippen LogP contribution in [-0.4, -0.2) is 40.9 Å². The van der Waals surface area contributed by atoms with Crippen molar-refractivity contribution in [3.63, 3.8) is 0 Å². The molecule has 0 saturated heterocycles. The molecule has 118 valence electrons. The smallest absolute Gasteiger partial charge is 0.240 e. The van der Waals surface area contributed by atoms with Crippen molar-refractivity contribution < 1.29 is 4.79 Å². The van der Waals surface area contributed by atoms with E-state index in [0.717, 1.165) is 10.6 Å². The molecule has 0 radical (unpaired) electrons. The number of amides is 1. The highest BCUT2D eigenvalue weighted by Gasteiger charge is 2.27. The molecular weight excluding hydrogens is 284 g/mol. The Bertz CT molecular complexity index is 466. The highest BCUT2D eigenvalue weighted by molar-refractivity contribution is 6.31. The Morgan fingerprint density at radius 1 is 1.10 bits per heavy atom. The van der Waals surface area contributed by atoms with Gasteiger partial charge < -0.3 is 4.90 Å². The van der Waals surface area contributed by atoms with E-state index >= 15 is 0 Å². The molecule has 0 fully saturated rings. The molecule has 0 aliphatic heterocycles. The Balaban J connectivity index is 2.80. The van der Waals surface area contributed by atoms with Gasteiger partial charge in [-0.25, -0.2) is 0 Å². The molecular formula is C17H27ClN2O. The molecule has 0 spiro atoms. The van der Waals surface area contributed by atoms with Crippen molar-refractivity contribution in [2.45, 2.75) is 59.3 Å². The van der Waals surface area contributed by atoms with Gasteiger partial charge in [-0.3, -0.25) is 9.69 Å². The average molecular weight is 311 g/mol.